The maximum atomic E-state index is 6.22. The second-order valence-corrected chi connectivity index (χ2v) is 5.09. The van der Waals surface area contributed by atoms with Crippen molar-refractivity contribution in [3.8, 4) is 23.8 Å². The fourth-order valence-corrected chi connectivity index (χ4v) is 2.48. The van der Waals surface area contributed by atoms with E-state index in [0.29, 0.717) is 36.3 Å². The Morgan fingerprint density at radius 1 is 1.19 bits per heavy atom. The Bertz CT molecular complexity index is 706. The highest BCUT2D eigenvalue weighted by Gasteiger charge is 2.16. The van der Waals surface area contributed by atoms with E-state index in [1.54, 1.807) is 0 Å². The van der Waals surface area contributed by atoms with Crippen molar-refractivity contribution < 1.29 is 9.47 Å². The molecule has 0 radical (unpaired) electrons. The third kappa shape index (κ3) is 3.07. The summed E-state index contributed by atoms with van der Waals surface area (Å²) in [6.45, 7) is 1.71. The highest BCUT2D eigenvalue weighted by atomic mass is 35.5. The van der Waals surface area contributed by atoms with Crippen LogP contribution in [0.15, 0.2) is 36.4 Å². The zero-order chi connectivity index (χ0) is 14.7. The number of halogens is 1. The molecule has 4 heteroatoms. The van der Waals surface area contributed by atoms with Gasteiger partial charge in [0, 0.05) is 17.8 Å². The Morgan fingerprint density at radius 3 is 2.90 bits per heavy atom. The number of rotatable bonds is 3. The normalized spacial score (nSPS) is 12.6. The van der Waals surface area contributed by atoms with E-state index in [4.69, 9.17) is 27.5 Å². The van der Waals surface area contributed by atoms with Gasteiger partial charge in [-0.1, -0.05) is 23.6 Å². The van der Waals surface area contributed by atoms with Crippen LogP contribution >= 0.6 is 11.6 Å². The van der Waals surface area contributed by atoms with Gasteiger partial charge in [-0.25, -0.2) is 0 Å². The molecule has 0 saturated heterocycles. The van der Waals surface area contributed by atoms with Gasteiger partial charge >= 0.3 is 0 Å². The van der Waals surface area contributed by atoms with Gasteiger partial charge in [0.15, 0.2) is 11.5 Å². The monoisotopic (exact) mass is 299 g/mol. The number of hydrogen-bond acceptors (Lipinski definition) is 3. The molecule has 1 aliphatic heterocycles. The smallest absolute Gasteiger partial charge is 0.179 e. The van der Waals surface area contributed by atoms with Gasteiger partial charge in [0.1, 0.15) is 13.2 Å². The van der Waals surface area contributed by atoms with Crippen LogP contribution in [0.5, 0.6) is 11.5 Å². The molecule has 0 aliphatic carbocycles. The van der Waals surface area contributed by atoms with E-state index in [1.165, 1.54) is 0 Å². The number of fused-ring (bicyclic) bond motifs is 1. The summed E-state index contributed by atoms with van der Waals surface area (Å²) in [5.74, 6) is 3.94. The fraction of sp³-hybridized carbons (Fsp3) is 0.176. The van der Waals surface area contributed by atoms with Crippen molar-refractivity contribution in [1.29, 1.82) is 0 Å². The van der Waals surface area contributed by atoms with Crippen LogP contribution in [0.3, 0.4) is 0 Å². The average Bonchev–Trinajstić information content (AvgIpc) is 2.53. The van der Waals surface area contributed by atoms with Crippen molar-refractivity contribution in [2.75, 3.05) is 18.5 Å². The van der Waals surface area contributed by atoms with Gasteiger partial charge < -0.3 is 14.8 Å². The number of terminal acetylenes is 1. The molecule has 21 heavy (non-hydrogen) atoms. The third-order valence-electron chi connectivity index (χ3n) is 3.18. The summed E-state index contributed by atoms with van der Waals surface area (Å²) >= 11 is 6.22. The van der Waals surface area contributed by atoms with Gasteiger partial charge in [0.2, 0.25) is 0 Å². The first-order chi connectivity index (χ1) is 10.3. The quantitative estimate of drug-likeness (QED) is 0.877. The van der Waals surface area contributed by atoms with Gasteiger partial charge in [-0.3, -0.25) is 0 Å². The van der Waals surface area contributed by atoms with Crippen molar-refractivity contribution in [3.05, 3.63) is 52.5 Å². The molecule has 2 aromatic rings. The molecule has 0 aromatic heterocycles. The van der Waals surface area contributed by atoms with Crippen molar-refractivity contribution in [3.63, 3.8) is 0 Å². The molecule has 0 atom stereocenters. The number of benzene rings is 2. The average molecular weight is 300 g/mol. The minimum absolute atomic E-state index is 0.531. The molecular formula is C17H14ClNO2. The van der Waals surface area contributed by atoms with E-state index in [0.717, 1.165) is 16.8 Å². The van der Waals surface area contributed by atoms with E-state index in [2.05, 4.69) is 11.2 Å². The van der Waals surface area contributed by atoms with Crippen LogP contribution in [0.1, 0.15) is 11.1 Å². The minimum atomic E-state index is 0.531. The largest absolute Gasteiger partial charge is 0.486 e. The van der Waals surface area contributed by atoms with Gasteiger partial charge in [0.05, 0.1) is 5.02 Å². The van der Waals surface area contributed by atoms with E-state index in [-0.39, 0.29) is 0 Å². The topological polar surface area (TPSA) is 30.5 Å². The van der Waals surface area contributed by atoms with E-state index in [9.17, 15) is 0 Å². The summed E-state index contributed by atoms with van der Waals surface area (Å²) in [6, 6.07) is 11.5. The first kappa shape index (κ1) is 13.7. The molecule has 0 spiro atoms. The Kier molecular flexibility index (Phi) is 3.89. The Hall–Kier alpha value is -2.31. The van der Waals surface area contributed by atoms with E-state index >= 15 is 0 Å². The predicted octanol–water partition coefficient (Wildman–Crippen LogP) is 3.70. The summed E-state index contributed by atoms with van der Waals surface area (Å²) in [4.78, 5) is 0. The lowest BCUT2D eigenvalue weighted by Gasteiger charge is -2.20. The van der Waals surface area contributed by atoms with E-state index in [1.807, 2.05) is 36.4 Å². The zero-order valence-electron chi connectivity index (χ0n) is 11.4. The lowest BCUT2D eigenvalue weighted by Crippen LogP contribution is -2.16. The summed E-state index contributed by atoms with van der Waals surface area (Å²) in [6.07, 6.45) is 5.40. The van der Waals surface area contributed by atoms with Gasteiger partial charge in [-0.05, 0) is 35.9 Å². The van der Waals surface area contributed by atoms with Gasteiger partial charge in [-0.2, -0.15) is 0 Å². The number of ether oxygens (including phenoxy) is 2. The van der Waals surface area contributed by atoms with Crippen molar-refractivity contribution in [2.45, 2.75) is 6.54 Å². The first-order valence-corrected chi connectivity index (χ1v) is 7.02. The van der Waals surface area contributed by atoms with Crippen LogP contribution in [-0.4, -0.2) is 13.2 Å². The molecule has 1 aliphatic rings. The molecular weight excluding hydrogens is 286 g/mol. The summed E-state index contributed by atoms with van der Waals surface area (Å²) in [5, 5.41) is 3.89. The molecule has 0 fully saturated rings. The second kappa shape index (κ2) is 5.99. The Labute approximate surface area is 128 Å². The Balaban J connectivity index is 1.76. The molecule has 0 bridgehead atoms. The SMILES string of the molecule is C#Cc1cccc(NCc2cc(Cl)c3c(c2)OCCO3)c1. The molecule has 0 saturated carbocycles. The van der Waals surface area contributed by atoms with Crippen molar-refractivity contribution in [2.24, 2.45) is 0 Å². The molecule has 1 N–H and O–H groups in total. The van der Waals surface area contributed by atoms with Gasteiger partial charge in [0.25, 0.3) is 0 Å². The molecule has 0 amide bonds. The highest BCUT2D eigenvalue weighted by molar-refractivity contribution is 6.32. The second-order valence-electron chi connectivity index (χ2n) is 4.68. The third-order valence-corrected chi connectivity index (χ3v) is 3.46. The van der Waals surface area contributed by atoms with Crippen molar-refractivity contribution >= 4 is 17.3 Å². The molecule has 106 valence electrons. The summed E-state index contributed by atoms with van der Waals surface area (Å²) in [7, 11) is 0. The van der Waals surface area contributed by atoms with Crippen molar-refractivity contribution in [1.82, 2.24) is 0 Å². The number of hydrogen-bond donors (Lipinski definition) is 1. The van der Waals surface area contributed by atoms with Crippen LogP contribution in [0, 0.1) is 12.3 Å². The molecule has 2 aromatic carbocycles. The van der Waals surface area contributed by atoms with Crippen LogP contribution < -0.4 is 14.8 Å². The lowest BCUT2D eigenvalue weighted by atomic mass is 10.1. The maximum absolute atomic E-state index is 6.22. The maximum Gasteiger partial charge on any atom is 0.179 e. The first-order valence-electron chi connectivity index (χ1n) is 6.65. The molecule has 3 nitrogen and oxygen atoms in total. The summed E-state index contributed by atoms with van der Waals surface area (Å²) in [5.41, 5.74) is 2.84. The number of nitrogens with one attached hydrogen (secondary N) is 1. The molecule has 3 rings (SSSR count). The molecule has 0 unspecified atom stereocenters. The van der Waals surface area contributed by atoms with Crippen LogP contribution in [0.2, 0.25) is 5.02 Å². The minimum Gasteiger partial charge on any atom is -0.486 e. The zero-order valence-corrected chi connectivity index (χ0v) is 12.1. The van der Waals surface area contributed by atoms with Crippen LogP contribution in [0.4, 0.5) is 5.69 Å². The lowest BCUT2D eigenvalue weighted by molar-refractivity contribution is 0.171. The fourth-order valence-electron chi connectivity index (χ4n) is 2.19. The number of anilines is 1. The highest BCUT2D eigenvalue weighted by Crippen LogP contribution is 2.38. The van der Waals surface area contributed by atoms with Gasteiger partial charge in [-0.15, -0.1) is 6.42 Å². The van der Waals surface area contributed by atoms with Crippen LogP contribution in [-0.2, 0) is 6.54 Å². The van der Waals surface area contributed by atoms with E-state index < -0.39 is 0 Å². The predicted molar refractivity (Wildman–Crippen MR) is 84.1 cm³/mol. The summed E-state index contributed by atoms with van der Waals surface area (Å²) < 4.78 is 11.1. The molecule has 1 heterocycles. The van der Waals surface area contributed by atoms with Crippen LogP contribution in [0.25, 0.3) is 0 Å². The Morgan fingerprint density at radius 2 is 2.05 bits per heavy atom. The standard InChI is InChI=1S/C17H14ClNO2/c1-2-12-4-3-5-14(8-12)19-11-13-9-15(18)17-16(10-13)20-6-7-21-17/h1,3-5,8-10,19H,6-7,11H2.